The maximum atomic E-state index is 10.8. The van der Waals surface area contributed by atoms with Gasteiger partial charge in [-0.05, 0) is 23.3 Å². The number of hydrogen-bond donors (Lipinski definition) is 0. The molecule has 3 aromatic rings. The molecule has 0 saturated carbocycles. The maximum absolute atomic E-state index is 10.8. The van der Waals surface area contributed by atoms with Crippen LogP contribution in [-0.2, 0) is 13.1 Å². The van der Waals surface area contributed by atoms with Crippen molar-refractivity contribution in [3.05, 3.63) is 87.7 Å². The summed E-state index contributed by atoms with van der Waals surface area (Å²) in [7, 11) is 0. The molecule has 25 heavy (non-hydrogen) atoms. The fourth-order valence-electron chi connectivity index (χ4n) is 2.46. The van der Waals surface area contributed by atoms with Crippen LogP contribution in [0.1, 0.15) is 16.7 Å². The second-order valence-electron chi connectivity index (χ2n) is 5.51. The number of benzene rings is 2. The van der Waals surface area contributed by atoms with Crippen LogP contribution in [0.5, 0.6) is 0 Å². The van der Waals surface area contributed by atoms with E-state index in [0.29, 0.717) is 18.9 Å². The van der Waals surface area contributed by atoms with Gasteiger partial charge in [0.2, 0.25) is 0 Å². The normalized spacial score (nSPS) is 10.4. The Balaban J connectivity index is 1.79. The molecule has 0 saturated heterocycles. The van der Waals surface area contributed by atoms with Gasteiger partial charge in [0, 0.05) is 31.3 Å². The summed E-state index contributed by atoms with van der Waals surface area (Å²) >= 11 is 0. The van der Waals surface area contributed by atoms with Crippen molar-refractivity contribution in [3.63, 3.8) is 0 Å². The topological polar surface area (TPSA) is 93.8 Å². The van der Waals surface area contributed by atoms with E-state index in [2.05, 4.69) is 5.16 Å². The summed E-state index contributed by atoms with van der Waals surface area (Å²) in [6, 6.07) is 15.7. The highest BCUT2D eigenvalue weighted by Crippen LogP contribution is 2.20. The molecule has 0 fully saturated rings. The number of nitrogens with zero attached hydrogens (tertiary/aromatic N) is 3. The average molecular weight is 338 g/mol. The highest BCUT2D eigenvalue weighted by molar-refractivity contribution is 5.75. The van der Waals surface area contributed by atoms with Gasteiger partial charge in [-0.1, -0.05) is 29.4 Å². The van der Waals surface area contributed by atoms with Gasteiger partial charge in [0.1, 0.15) is 6.26 Å². The summed E-state index contributed by atoms with van der Waals surface area (Å²) in [6.07, 6.45) is 2.55. The van der Waals surface area contributed by atoms with Crippen LogP contribution in [0.3, 0.4) is 0 Å². The van der Waals surface area contributed by atoms with E-state index in [1.54, 1.807) is 18.2 Å². The molecule has 1 aromatic heterocycles. The number of nitro benzene ring substituents is 1. The third-order valence-corrected chi connectivity index (χ3v) is 3.77. The zero-order chi connectivity index (χ0) is 17.6. The van der Waals surface area contributed by atoms with Crippen molar-refractivity contribution in [3.8, 4) is 0 Å². The molecule has 0 radical (unpaired) electrons. The molecule has 1 N–H and O–H groups in total. The number of nitro groups is 1. The smallest absolute Gasteiger partial charge is 0.312 e. The lowest BCUT2D eigenvalue weighted by Crippen LogP contribution is -2.22. The zero-order valence-electron chi connectivity index (χ0n) is 13.3. The van der Waals surface area contributed by atoms with Gasteiger partial charge < -0.3 is 9.42 Å². The highest BCUT2D eigenvalue weighted by atomic mass is 16.6. The Morgan fingerprint density at radius 3 is 2.12 bits per heavy atom. The monoisotopic (exact) mass is 338 g/mol. The highest BCUT2D eigenvalue weighted by Gasteiger charge is 2.13. The van der Waals surface area contributed by atoms with Crippen LogP contribution in [0.4, 0.5) is 11.5 Å². The number of aldehydes is 1. The van der Waals surface area contributed by atoms with Gasteiger partial charge in [-0.3, -0.25) is 14.9 Å². The lowest BCUT2D eigenvalue weighted by atomic mass is 10.1. The Morgan fingerprint density at radius 1 is 1.04 bits per heavy atom. The SMILES string of the molecule is O=[N+]([O-])c1ccc(CN(Cc2ccc(C=[OH+])cc2)c2ccon2)cc1. The molecule has 0 unspecified atom stereocenters. The van der Waals surface area contributed by atoms with Crippen LogP contribution in [0, 0.1) is 10.1 Å². The van der Waals surface area contributed by atoms with E-state index in [1.165, 1.54) is 18.4 Å². The van der Waals surface area contributed by atoms with Gasteiger partial charge in [0.15, 0.2) is 5.82 Å². The zero-order valence-corrected chi connectivity index (χ0v) is 13.3. The molecule has 0 aliphatic carbocycles. The van der Waals surface area contributed by atoms with Crippen molar-refractivity contribution < 1.29 is 14.2 Å². The number of hydrogen-bond acceptors (Lipinski definition) is 5. The molecule has 7 heteroatoms. The molecule has 3 rings (SSSR count). The van der Waals surface area contributed by atoms with Crippen molar-refractivity contribution in [2.24, 2.45) is 0 Å². The summed E-state index contributed by atoms with van der Waals surface area (Å²) in [5, 5.41) is 14.8. The predicted molar refractivity (Wildman–Crippen MR) is 93.0 cm³/mol. The van der Waals surface area contributed by atoms with E-state index in [9.17, 15) is 10.1 Å². The summed E-state index contributed by atoms with van der Waals surface area (Å²) in [5.74, 6) is 0.677. The minimum atomic E-state index is -0.418. The van der Waals surface area contributed by atoms with Crippen molar-refractivity contribution in [1.29, 1.82) is 0 Å². The standard InChI is InChI=1S/C18H15N3O4/c22-13-16-3-1-14(2-4-16)11-20(18-9-10-25-19-18)12-15-5-7-17(8-6-15)21(23)24/h1-10,13H,11-12H2/p+1. The molecule has 1 heterocycles. The van der Waals surface area contributed by atoms with Crippen LogP contribution < -0.4 is 4.90 Å². The minimum Gasteiger partial charge on any atom is -0.363 e. The first-order valence-electron chi connectivity index (χ1n) is 7.61. The fraction of sp³-hybridized carbons (Fsp3) is 0.111. The van der Waals surface area contributed by atoms with Crippen molar-refractivity contribution in [2.45, 2.75) is 13.1 Å². The molecule has 0 atom stereocenters. The summed E-state index contributed by atoms with van der Waals surface area (Å²) in [5.41, 5.74) is 2.75. The van der Waals surface area contributed by atoms with E-state index in [4.69, 9.17) is 9.32 Å². The Bertz CT molecular complexity index is 843. The Hall–Kier alpha value is -3.48. The van der Waals surface area contributed by atoms with Crippen molar-refractivity contribution in [2.75, 3.05) is 4.90 Å². The average Bonchev–Trinajstić information content (AvgIpc) is 3.17. The third-order valence-electron chi connectivity index (χ3n) is 3.77. The first-order chi connectivity index (χ1) is 12.2. The second kappa shape index (κ2) is 7.39. The van der Waals surface area contributed by atoms with Crippen molar-refractivity contribution >= 4 is 17.8 Å². The maximum Gasteiger partial charge on any atom is 0.312 e. The van der Waals surface area contributed by atoms with Crippen molar-refractivity contribution in [1.82, 2.24) is 5.16 Å². The quantitative estimate of drug-likeness (QED) is 0.285. The Labute approximate surface area is 143 Å². The third kappa shape index (κ3) is 4.08. The molecular weight excluding hydrogens is 322 g/mol. The van der Waals surface area contributed by atoms with E-state index in [-0.39, 0.29) is 5.69 Å². The van der Waals surface area contributed by atoms with Gasteiger partial charge in [-0.15, -0.1) is 0 Å². The molecule has 0 amide bonds. The fourth-order valence-corrected chi connectivity index (χ4v) is 2.46. The molecule has 0 spiro atoms. The van der Waals surface area contributed by atoms with Crippen LogP contribution in [-0.4, -0.2) is 21.2 Å². The molecule has 2 aromatic carbocycles. The van der Waals surface area contributed by atoms with E-state index < -0.39 is 4.92 Å². The Kier molecular flexibility index (Phi) is 4.84. The largest absolute Gasteiger partial charge is 0.363 e. The van der Waals surface area contributed by atoms with Gasteiger partial charge in [-0.25, -0.2) is 0 Å². The number of rotatable bonds is 7. The van der Waals surface area contributed by atoms with Gasteiger partial charge in [-0.2, -0.15) is 0 Å². The summed E-state index contributed by atoms with van der Waals surface area (Å²) in [4.78, 5) is 21.4. The molecule has 0 aliphatic rings. The van der Waals surface area contributed by atoms with Gasteiger partial charge >= 0.3 is 6.29 Å². The minimum absolute atomic E-state index is 0.0626. The predicted octanol–water partition coefficient (Wildman–Crippen LogP) is 3.31. The molecule has 126 valence electrons. The first kappa shape index (κ1) is 16.4. The number of anilines is 1. The number of aromatic nitrogens is 1. The van der Waals surface area contributed by atoms with Crippen LogP contribution in [0.2, 0.25) is 0 Å². The molecular formula is C18H16N3O4+. The lowest BCUT2D eigenvalue weighted by molar-refractivity contribution is -0.384. The van der Waals surface area contributed by atoms with Gasteiger partial charge in [0.25, 0.3) is 5.69 Å². The summed E-state index contributed by atoms with van der Waals surface area (Å²) in [6.45, 7) is 1.10. The van der Waals surface area contributed by atoms with Gasteiger partial charge in [0.05, 0.1) is 10.5 Å². The lowest BCUT2D eigenvalue weighted by Gasteiger charge is -2.22. The van der Waals surface area contributed by atoms with Crippen LogP contribution in [0.25, 0.3) is 0 Å². The van der Waals surface area contributed by atoms with Crippen LogP contribution >= 0.6 is 0 Å². The molecule has 0 aliphatic heterocycles. The second-order valence-corrected chi connectivity index (χ2v) is 5.51. The number of carbonyl (C=O) groups excluding carboxylic acids is 1. The van der Waals surface area contributed by atoms with Crippen LogP contribution in [0.15, 0.2) is 65.4 Å². The van der Waals surface area contributed by atoms with E-state index in [1.807, 2.05) is 29.2 Å². The summed E-state index contributed by atoms with van der Waals surface area (Å²) < 4.78 is 4.94. The van der Waals surface area contributed by atoms with E-state index >= 15 is 0 Å². The number of non-ortho nitro benzene ring substituents is 1. The molecule has 0 bridgehead atoms. The molecule has 7 nitrogen and oxygen atoms in total. The first-order valence-corrected chi connectivity index (χ1v) is 7.61. The Morgan fingerprint density at radius 2 is 1.64 bits per heavy atom. The van der Waals surface area contributed by atoms with E-state index in [0.717, 1.165) is 23.0 Å².